The summed E-state index contributed by atoms with van der Waals surface area (Å²) in [7, 11) is -3.57. The molecule has 3 heterocycles. The number of amides is 1. The van der Waals surface area contributed by atoms with Gasteiger partial charge >= 0.3 is 0 Å². The van der Waals surface area contributed by atoms with Crippen LogP contribution in [0.3, 0.4) is 0 Å². The highest BCUT2D eigenvalue weighted by atomic mass is 32.2. The Morgan fingerprint density at radius 2 is 1.83 bits per heavy atom. The van der Waals surface area contributed by atoms with Crippen molar-refractivity contribution in [1.29, 1.82) is 0 Å². The van der Waals surface area contributed by atoms with Crippen molar-refractivity contribution in [3.05, 3.63) is 48.2 Å². The molecule has 1 unspecified atom stereocenters. The van der Waals surface area contributed by atoms with Crippen molar-refractivity contribution in [3.8, 4) is 0 Å². The van der Waals surface area contributed by atoms with Gasteiger partial charge in [0.05, 0.1) is 4.90 Å². The van der Waals surface area contributed by atoms with E-state index in [2.05, 4.69) is 9.88 Å². The first-order chi connectivity index (χ1) is 14.4. The van der Waals surface area contributed by atoms with E-state index in [1.165, 1.54) is 0 Å². The smallest absolute Gasteiger partial charge is 0.243 e. The van der Waals surface area contributed by atoms with Gasteiger partial charge in [0.25, 0.3) is 0 Å². The normalized spacial score (nSPS) is 22.2. The summed E-state index contributed by atoms with van der Waals surface area (Å²) in [6.07, 6.45) is 4.38. The molecule has 2 aromatic rings. The number of nitrogens with zero attached hydrogens (tertiary/aromatic N) is 4. The number of sulfonamides is 1. The number of aromatic nitrogens is 1. The van der Waals surface area contributed by atoms with Crippen LogP contribution in [0, 0.1) is 5.92 Å². The van der Waals surface area contributed by atoms with Crippen LogP contribution in [0.5, 0.6) is 0 Å². The zero-order valence-corrected chi connectivity index (χ0v) is 17.9. The highest BCUT2D eigenvalue weighted by molar-refractivity contribution is 7.89. The molecule has 2 fully saturated rings. The molecule has 1 saturated carbocycles. The predicted molar refractivity (Wildman–Crippen MR) is 115 cm³/mol. The van der Waals surface area contributed by atoms with Gasteiger partial charge in [-0.05, 0) is 62.1 Å². The highest BCUT2D eigenvalue weighted by Crippen LogP contribution is 2.39. The van der Waals surface area contributed by atoms with Crippen LogP contribution in [0.15, 0.2) is 47.5 Å². The number of carbonyl (C=O) groups is 1. The molecule has 0 N–H and O–H groups in total. The standard InChI is InChI=1S/C22H26N4O3S/c1-16-14-18-15-19(7-8-20(18)26(16)22(27)17-5-6-17)30(28,29)25-12-10-24(11-13-25)21-4-2-3-9-23-21/h2-4,7-9,15-17H,5-6,10-14H2,1H3. The molecule has 1 aliphatic carbocycles. The van der Waals surface area contributed by atoms with Crippen LogP contribution in [-0.2, 0) is 21.2 Å². The Morgan fingerprint density at radius 1 is 1.07 bits per heavy atom. The van der Waals surface area contributed by atoms with Gasteiger partial charge in [0, 0.05) is 50.0 Å². The van der Waals surface area contributed by atoms with E-state index in [9.17, 15) is 13.2 Å². The summed E-state index contributed by atoms with van der Waals surface area (Å²) in [5.41, 5.74) is 1.82. The van der Waals surface area contributed by atoms with Gasteiger partial charge in [0.1, 0.15) is 5.82 Å². The number of carbonyl (C=O) groups excluding carboxylic acids is 1. The molecule has 158 valence electrons. The van der Waals surface area contributed by atoms with E-state index in [0.29, 0.717) is 37.5 Å². The largest absolute Gasteiger partial charge is 0.354 e. The Hall–Kier alpha value is -2.45. The van der Waals surface area contributed by atoms with E-state index in [0.717, 1.165) is 29.9 Å². The summed E-state index contributed by atoms with van der Waals surface area (Å²) >= 11 is 0. The molecule has 0 bridgehead atoms. The summed E-state index contributed by atoms with van der Waals surface area (Å²) in [6.45, 7) is 4.12. The van der Waals surface area contributed by atoms with Crippen molar-refractivity contribution in [2.24, 2.45) is 5.92 Å². The maximum Gasteiger partial charge on any atom is 0.243 e. The lowest BCUT2D eigenvalue weighted by Crippen LogP contribution is -2.48. The Morgan fingerprint density at radius 3 is 2.50 bits per heavy atom. The second-order valence-corrected chi connectivity index (χ2v) is 10.3. The first kappa shape index (κ1) is 19.5. The third-order valence-electron chi connectivity index (χ3n) is 6.28. The molecule has 0 spiro atoms. The van der Waals surface area contributed by atoms with Crippen molar-refractivity contribution in [2.75, 3.05) is 36.0 Å². The zero-order valence-electron chi connectivity index (χ0n) is 17.1. The molecule has 1 amide bonds. The Labute approximate surface area is 177 Å². The number of rotatable bonds is 4. The Kier molecular flexibility index (Phi) is 4.78. The topological polar surface area (TPSA) is 73.8 Å². The fraction of sp³-hybridized carbons (Fsp3) is 0.455. The van der Waals surface area contributed by atoms with E-state index in [1.54, 1.807) is 22.6 Å². The molecule has 5 rings (SSSR count). The predicted octanol–water partition coefficient (Wildman–Crippen LogP) is 2.28. The minimum atomic E-state index is -3.57. The Bertz CT molecular complexity index is 1060. The van der Waals surface area contributed by atoms with Crippen LogP contribution in [0.1, 0.15) is 25.3 Å². The second kappa shape index (κ2) is 7.35. The van der Waals surface area contributed by atoms with Crippen LogP contribution in [-0.4, -0.2) is 55.8 Å². The summed E-state index contributed by atoms with van der Waals surface area (Å²) < 4.78 is 28.1. The van der Waals surface area contributed by atoms with E-state index in [4.69, 9.17) is 0 Å². The van der Waals surface area contributed by atoms with Crippen LogP contribution < -0.4 is 9.80 Å². The number of fused-ring (bicyclic) bond motifs is 1. The molecule has 1 atom stereocenters. The van der Waals surface area contributed by atoms with Crippen LogP contribution >= 0.6 is 0 Å². The summed E-state index contributed by atoms with van der Waals surface area (Å²) in [5, 5.41) is 0. The van der Waals surface area contributed by atoms with Crippen molar-refractivity contribution in [3.63, 3.8) is 0 Å². The van der Waals surface area contributed by atoms with Gasteiger partial charge < -0.3 is 9.80 Å². The fourth-order valence-corrected chi connectivity index (χ4v) is 5.95. The quantitative estimate of drug-likeness (QED) is 0.750. The van der Waals surface area contributed by atoms with E-state index >= 15 is 0 Å². The molecular weight excluding hydrogens is 400 g/mol. The van der Waals surface area contributed by atoms with Gasteiger partial charge in [0.15, 0.2) is 0 Å². The lowest BCUT2D eigenvalue weighted by atomic mass is 10.1. The average Bonchev–Trinajstić information content (AvgIpc) is 3.56. The lowest BCUT2D eigenvalue weighted by molar-refractivity contribution is -0.120. The zero-order chi connectivity index (χ0) is 20.9. The number of pyridine rings is 1. The Balaban J connectivity index is 1.33. The molecular formula is C22H26N4O3S. The van der Waals surface area contributed by atoms with E-state index in [-0.39, 0.29) is 17.9 Å². The second-order valence-electron chi connectivity index (χ2n) is 8.41. The van der Waals surface area contributed by atoms with Crippen molar-refractivity contribution < 1.29 is 13.2 Å². The summed E-state index contributed by atoms with van der Waals surface area (Å²) in [4.78, 5) is 21.3. The molecule has 3 aliphatic rings. The van der Waals surface area contributed by atoms with Crippen LogP contribution in [0.4, 0.5) is 11.5 Å². The van der Waals surface area contributed by atoms with Crippen molar-refractivity contribution in [2.45, 2.75) is 37.1 Å². The van der Waals surface area contributed by atoms with Crippen molar-refractivity contribution >= 4 is 27.4 Å². The van der Waals surface area contributed by atoms with E-state index < -0.39 is 10.0 Å². The highest BCUT2D eigenvalue weighted by Gasteiger charge is 2.40. The molecule has 1 aromatic heterocycles. The maximum absolute atomic E-state index is 13.3. The maximum atomic E-state index is 13.3. The minimum absolute atomic E-state index is 0.0768. The van der Waals surface area contributed by atoms with Crippen LogP contribution in [0.25, 0.3) is 0 Å². The first-order valence-corrected chi connectivity index (χ1v) is 12.0. The van der Waals surface area contributed by atoms with Gasteiger partial charge in [0.2, 0.25) is 15.9 Å². The molecule has 8 heteroatoms. The van der Waals surface area contributed by atoms with E-state index in [1.807, 2.05) is 36.1 Å². The molecule has 1 aromatic carbocycles. The van der Waals surface area contributed by atoms with Gasteiger partial charge in [-0.3, -0.25) is 4.79 Å². The molecule has 7 nitrogen and oxygen atoms in total. The minimum Gasteiger partial charge on any atom is -0.354 e. The SMILES string of the molecule is CC1Cc2cc(S(=O)(=O)N3CCN(c4ccccn4)CC3)ccc2N1C(=O)C1CC1. The fourth-order valence-electron chi connectivity index (χ4n) is 4.48. The van der Waals surface area contributed by atoms with Crippen molar-refractivity contribution in [1.82, 2.24) is 9.29 Å². The number of piperazine rings is 1. The van der Waals surface area contributed by atoms with Gasteiger partial charge in [-0.25, -0.2) is 13.4 Å². The molecule has 0 radical (unpaired) electrons. The number of hydrogen-bond donors (Lipinski definition) is 0. The molecule has 1 saturated heterocycles. The summed E-state index contributed by atoms with van der Waals surface area (Å²) in [6, 6.07) is 11.1. The van der Waals surface area contributed by atoms with Gasteiger partial charge in [-0.2, -0.15) is 4.31 Å². The summed E-state index contributed by atoms with van der Waals surface area (Å²) in [5.74, 6) is 1.21. The lowest BCUT2D eigenvalue weighted by Gasteiger charge is -2.34. The first-order valence-electron chi connectivity index (χ1n) is 10.6. The number of hydrogen-bond acceptors (Lipinski definition) is 5. The number of anilines is 2. The van der Waals surface area contributed by atoms with Gasteiger partial charge in [-0.15, -0.1) is 0 Å². The monoisotopic (exact) mass is 426 g/mol. The third-order valence-corrected chi connectivity index (χ3v) is 8.17. The number of benzene rings is 1. The molecule has 2 aliphatic heterocycles. The third kappa shape index (κ3) is 3.37. The van der Waals surface area contributed by atoms with Crippen LogP contribution in [0.2, 0.25) is 0 Å². The molecule has 30 heavy (non-hydrogen) atoms. The van der Waals surface area contributed by atoms with Gasteiger partial charge in [-0.1, -0.05) is 6.07 Å². The average molecular weight is 427 g/mol.